The van der Waals surface area contributed by atoms with Crippen molar-refractivity contribution >= 4 is 74.3 Å². The molecular formula is C29H32BrN11O6. The Kier molecular flexibility index (Phi) is 10.1. The Morgan fingerprint density at radius 2 is 1.13 bits per heavy atom. The minimum Gasteiger partial charge on any atom is -0.370 e. The number of hydrogen-bond donors (Lipinski definition) is 6. The fourth-order valence-corrected chi connectivity index (χ4v) is 4.58. The van der Waals surface area contributed by atoms with Crippen molar-refractivity contribution in [3.63, 3.8) is 0 Å². The van der Waals surface area contributed by atoms with Gasteiger partial charge in [0.2, 0.25) is 5.91 Å². The first kappa shape index (κ1) is 34.0. The molecule has 0 aliphatic heterocycles. The predicted molar refractivity (Wildman–Crippen MR) is 176 cm³/mol. The van der Waals surface area contributed by atoms with Crippen molar-refractivity contribution in [1.29, 1.82) is 0 Å². The van der Waals surface area contributed by atoms with Crippen LogP contribution in [0.4, 0.5) is 22.9 Å². The Morgan fingerprint density at radius 3 is 1.55 bits per heavy atom. The van der Waals surface area contributed by atoms with Crippen LogP contribution in [0.15, 0.2) is 53.9 Å². The second-order valence-electron chi connectivity index (χ2n) is 10.4. The summed E-state index contributed by atoms with van der Waals surface area (Å²) >= 11 is 2.98. The molecule has 7 N–H and O–H groups in total. The van der Waals surface area contributed by atoms with E-state index < -0.39 is 35.4 Å². The van der Waals surface area contributed by atoms with E-state index in [9.17, 15) is 28.8 Å². The average molecular weight is 711 g/mol. The number of carbonyl (C=O) groups excluding carboxylic acids is 6. The molecule has 0 fully saturated rings. The highest BCUT2D eigenvalue weighted by Crippen LogP contribution is 2.20. The summed E-state index contributed by atoms with van der Waals surface area (Å²) in [6.45, 7) is 3.57. The molecule has 0 atom stereocenters. The monoisotopic (exact) mass is 709 g/mol. The minimum atomic E-state index is -0.538. The molecule has 0 radical (unpaired) electrons. The smallest absolute Gasteiger partial charge is 0.274 e. The van der Waals surface area contributed by atoms with Crippen LogP contribution in [-0.4, -0.2) is 65.5 Å². The first-order valence-corrected chi connectivity index (χ1v) is 14.6. The maximum Gasteiger partial charge on any atom is 0.274 e. The Hall–Kier alpha value is -5.91. The quantitative estimate of drug-likeness (QED) is 0.119. The lowest BCUT2D eigenvalue weighted by molar-refractivity contribution is -0.118. The molecule has 0 aromatic carbocycles. The van der Waals surface area contributed by atoms with Crippen molar-refractivity contribution in [2.24, 2.45) is 33.9 Å². The number of nitrogens with two attached hydrogens (primary N) is 1. The number of amides is 6. The van der Waals surface area contributed by atoms with Crippen LogP contribution in [0.1, 0.15) is 48.4 Å². The standard InChI is InChI=1S/C29H32BrN11O6/c1-15(30)25(43)36-24-11-22(41(5)37-24)29(47)35-18-10-21(40(4)14-18)28(46)34-17-9-20(39(3)13-17)27(45)33-16-8-19(38(2)12-16)26(44)32-7-6-23(31)42/h8-14H,1,6-7H2,2-5H3,(H2,31,42)(H,32,44)(H,33,45)(H,34,46)(H,35,47)(H,36,37,43). The van der Waals surface area contributed by atoms with Crippen LogP contribution >= 0.6 is 15.9 Å². The number of carbonyl (C=O) groups is 6. The summed E-state index contributed by atoms with van der Waals surface area (Å²) in [7, 11) is 6.44. The van der Waals surface area contributed by atoms with Crippen LogP contribution in [0.2, 0.25) is 0 Å². The molecule has 6 amide bonds. The van der Waals surface area contributed by atoms with Gasteiger partial charge in [-0.25, -0.2) is 0 Å². The molecule has 0 saturated carbocycles. The zero-order valence-electron chi connectivity index (χ0n) is 25.8. The highest BCUT2D eigenvalue weighted by Gasteiger charge is 2.20. The molecule has 4 aromatic rings. The van der Waals surface area contributed by atoms with Crippen LogP contribution < -0.4 is 32.3 Å². The summed E-state index contributed by atoms with van der Waals surface area (Å²) in [4.78, 5) is 74.2. The SMILES string of the molecule is C=C(Br)C(=O)Nc1cc(C(=O)Nc2cc(C(=O)Nc3cc(C(=O)Nc4cc(C(=O)NCCC(N)=O)n(C)c4)n(C)c3)n(C)c2)n(C)n1. The van der Waals surface area contributed by atoms with Gasteiger partial charge < -0.3 is 46.0 Å². The van der Waals surface area contributed by atoms with E-state index in [0.717, 1.165) is 0 Å². The highest BCUT2D eigenvalue weighted by molar-refractivity contribution is 9.12. The summed E-state index contributed by atoms with van der Waals surface area (Å²) in [5, 5.41) is 17.4. The Morgan fingerprint density at radius 1 is 0.702 bits per heavy atom. The van der Waals surface area contributed by atoms with Gasteiger partial charge in [0.25, 0.3) is 29.5 Å². The molecule has 0 aliphatic carbocycles. The van der Waals surface area contributed by atoms with E-state index in [1.807, 2.05) is 0 Å². The van der Waals surface area contributed by atoms with Crippen molar-refractivity contribution in [3.8, 4) is 0 Å². The normalized spacial score (nSPS) is 10.7. The van der Waals surface area contributed by atoms with E-state index in [2.05, 4.69) is 54.2 Å². The summed E-state index contributed by atoms with van der Waals surface area (Å²) in [5.41, 5.74) is 6.99. The Labute approximate surface area is 276 Å². The number of nitrogens with zero attached hydrogens (tertiary/aromatic N) is 5. The van der Waals surface area contributed by atoms with E-state index in [1.165, 1.54) is 49.7 Å². The topological polar surface area (TPSA) is 221 Å². The number of rotatable bonds is 12. The van der Waals surface area contributed by atoms with Gasteiger partial charge in [0.15, 0.2) is 5.82 Å². The number of aromatic nitrogens is 5. The largest absolute Gasteiger partial charge is 0.370 e. The molecule has 0 saturated heterocycles. The van der Waals surface area contributed by atoms with Gasteiger partial charge in [0.05, 0.1) is 21.5 Å². The third kappa shape index (κ3) is 8.23. The number of hydrogen-bond acceptors (Lipinski definition) is 7. The molecule has 4 rings (SSSR count). The van der Waals surface area contributed by atoms with Crippen LogP contribution in [0.3, 0.4) is 0 Å². The van der Waals surface area contributed by atoms with Gasteiger partial charge in [-0.05, 0) is 34.1 Å². The summed E-state index contributed by atoms with van der Waals surface area (Å²) in [6, 6.07) is 5.85. The van der Waals surface area contributed by atoms with Crippen LogP contribution in [0.25, 0.3) is 0 Å². The predicted octanol–water partition coefficient (Wildman–Crippen LogP) is 1.64. The molecule has 18 heteroatoms. The van der Waals surface area contributed by atoms with Crippen molar-refractivity contribution in [1.82, 2.24) is 28.8 Å². The van der Waals surface area contributed by atoms with E-state index in [1.54, 1.807) is 39.7 Å². The van der Waals surface area contributed by atoms with Gasteiger partial charge in [-0.2, -0.15) is 5.10 Å². The lowest BCUT2D eigenvalue weighted by Crippen LogP contribution is -2.29. The maximum atomic E-state index is 13.1. The number of primary amides is 1. The number of nitrogens with one attached hydrogen (secondary N) is 5. The minimum absolute atomic E-state index is 0.000722. The first-order chi connectivity index (χ1) is 22.1. The molecule has 4 aromatic heterocycles. The van der Waals surface area contributed by atoms with Crippen LogP contribution in [-0.2, 0) is 37.8 Å². The molecule has 4 heterocycles. The fraction of sp³-hybridized carbons (Fsp3) is 0.207. The van der Waals surface area contributed by atoms with E-state index >= 15 is 0 Å². The van der Waals surface area contributed by atoms with E-state index in [4.69, 9.17) is 5.73 Å². The molecule has 47 heavy (non-hydrogen) atoms. The van der Waals surface area contributed by atoms with Gasteiger partial charge >= 0.3 is 0 Å². The zero-order chi connectivity index (χ0) is 34.6. The van der Waals surface area contributed by atoms with Crippen LogP contribution in [0.5, 0.6) is 0 Å². The van der Waals surface area contributed by atoms with E-state index in [-0.39, 0.29) is 46.0 Å². The van der Waals surface area contributed by atoms with Crippen molar-refractivity contribution in [2.45, 2.75) is 6.42 Å². The third-order valence-corrected chi connectivity index (χ3v) is 7.10. The summed E-state index contributed by atoms with van der Waals surface area (Å²) in [5.74, 6) is -2.84. The molecule has 246 valence electrons. The number of anilines is 4. The molecule has 0 unspecified atom stereocenters. The zero-order valence-corrected chi connectivity index (χ0v) is 27.4. The van der Waals surface area contributed by atoms with Crippen molar-refractivity contribution < 1.29 is 28.8 Å². The first-order valence-electron chi connectivity index (χ1n) is 13.8. The van der Waals surface area contributed by atoms with Gasteiger partial charge in [0, 0.05) is 65.8 Å². The molecule has 0 bridgehead atoms. The van der Waals surface area contributed by atoms with Gasteiger partial charge in [-0.3, -0.25) is 33.4 Å². The average Bonchev–Trinajstić information content (AvgIpc) is 3.73. The van der Waals surface area contributed by atoms with Crippen molar-refractivity contribution in [2.75, 3.05) is 27.8 Å². The van der Waals surface area contributed by atoms with Crippen molar-refractivity contribution in [3.05, 3.63) is 76.7 Å². The number of aryl methyl sites for hydroxylation is 4. The second-order valence-corrected chi connectivity index (χ2v) is 11.4. The van der Waals surface area contributed by atoms with Gasteiger partial charge in [-0.1, -0.05) is 6.58 Å². The maximum absolute atomic E-state index is 13.1. The lowest BCUT2D eigenvalue weighted by Gasteiger charge is -2.04. The molecule has 0 spiro atoms. The summed E-state index contributed by atoms with van der Waals surface area (Å²) in [6.07, 6.45) is 4.67. The number of halogens is 1. The van der Waals surface area contributed by atoms with E-state index in [0.29, 0.717) is 17.1 Å². The molecule has 0 aliphatic rings. The lowest BCUT2D eigenvalue weighted by atomic mass is 10.3. The Bertz CT molecular complexity index is 1930. The van der Waals surface area contributed by atoms with Crippen LogP contribution in [0, 0.1) is 0 Å². The Balaban J connectivity index is 1.38. The second kappa shape index (κ2) is 14.0. The highest BCUT2D eigenvalue weighted by atomic mass is 79.9. The molecule has 17 nitrogen and oxygen atoms in total. The van der Waals surface area contributed by atoms with Gasteiger partial charge in [0.1, 0.15) is 22.8 Å². The fourth-order valence-electron chi connectivity index (χ4n) is 4.48. The third-order valence-electron chi connectivity index (χ3n) is 6.74. The van der Waals surface area contributed by atoms with Gasteiger partial charge in [-0.15, -0.1) is 0 Å². The molecular weight excluding hydrogens is 678 g/mol. The summed E-state index contributed by atoms with van der Waals surface area (Å²) < 4.78 is 5.97.